The molecule has 0 amide bonds. The van der Waals surface area contributed by atoms with E-state index in [1.807, 2.05) is 0 Å². The van der Waals surface area contributed by atoms with Crippen LogP contribution in [0.3, 0.4) is 0 Å². The number of hydrogen-bond acceptors (Lipinski definition) is 6. The van der Waals surface area contributed by atoms with Gasteiger partial charge in [-0.25, -0.2) is 0 Å². The molecule has 2 aliphatic heterocycles. The highest BCUT2D eigenvalue weighted by Gasteiger charge is 2.47. The highest BCUT2D eigenvalue weighted by molar-refractivity contribution is 6.75. The zero-order valence-corrected chi connectivity index (χ0v) is 47.1. The zero-order valence-electron chi connectivity index (χ0n) is 44.1. The van der Waals surface area contributed by atoms with E-state index in [9.17, 15) is 4.79 Å². The van der Waals surface area contributed by atoms with E-state index in [1.165, 1.54) is 89.9 Å². The third-order valence-corrected chi connectivity index (χ3v) is 29.5. The zero-order chi connectivity index (χ0) is 46.8. The maximum Gasteiger partial charge on any atom is 0.303 e. The van der Waals surface area contributed by atoms with Gasteiger partial charge in [-0.3, -0.25) is 4.79 Å². The van der Waals surface area contributed by atoms with Crippen LogP contribution in [0.4, 0.5) is 0 Å². The molecule has 10 heteroatoms. The Hall–Kier alpha value is -0.0794. The molecule has 0 unspecified atom stereocenters. The Kier molecular flexibility index (Phi) is 25.3. The highest BCUT2D eigenvalue weighted by Crippen LogP contribution is 2.44. The van der Waals surface area contributed by atoms with E-state index in [0.29, 0.717) is 12.5 Å². The van der Waals surface area contributed by atoms with Gasteiger partial charge in [0.2, 0.25) is 0 Å². The van der Waals surface area contributed by atoms with Crippen LogP contribution in [0.25, 0.3) is 0 Å². The van der Waals surface area contributed by atoms with Crippen molar-refractivity contribution in [2.45, 2.75) is 327 Å². The SMILES string of the molecule is CCCCCC[C@@H](CCC[C@@H](O[Si](C)(C)C(C)(C)C)[C@H]1CC[C@H]([C@H]2CC[C@H]([C@@H](CCCCCCCCCCCCCC(=O)O)O[Si](C)(C)C(C)(C)C)O2)O1)O[Si](C)(C)C(C)(C)C. The van der Waals surface area contributed by atoms with Gasteiger partial charge in [0.1, 0.15) is 0 Å². The molecule has 62 heavy (non-hydrogen) atoms. The van der Waals surface area contributed by atoms with Crippen molar-refractivity contribution >= 4 is 30.9 Å². The molecule has 368 valence electrons. The lowest BCUT2D eigenvalue weighted by Crippen LogP contribution is -2.48. The molecule has 0 spiro atoms. The first-order valence-corrected chi connectivity index (χ1v) is 35.0. The van der Waals surface area contributed by atoms with Crippen LogP contribution in [0.5, 0.6) is 0 Å². The first-order valence-electron chi connectivity index (χ1n) is 26.3. The molecule has 7 nitrogen and oxygen atoms in total. The van der Waals surface area contributed by atoms with E-state index >= 15 is 0 Å². The average molecular weight is 928 g/mol. The number of aliphatic carboxylic acids is 1. The summed E-state index contributed by atoms with van der Waals surface area (Å²) in [6.07, 6.45) is 29.5. The third-order valence-electron chi connectivity index (χ3n) is 16.0. The van der Waals surface area contributed by atoms with Gasteiger partial charge in [-0.2, -0.15) is 0 Å². The van der Waals surface area contributed by atoms with Crippen molar-refractivity contribution in [1.29, 1.82) is 0 Å². The van der Waals surface area contributed by atoms with E-state index in [4.69, 9.17) is 27.9 Å². The second kappa shape index (κ2) is 27.1. The van der Waals surface area contributed by atoms with Gasteiger partial charge in [0.25, 0.3) is 0 Å². The molecule has 1 N–H and O–H groups in total. The van der Waals surface area contributed by atoms with Crippen LogP contribution < -0.4 is 0 Å². The first-order chi connectivity index (χ1) is 28.7. The predicted octanol–water partition coefficient (Wildman–Crippen LogP) is 16.5. The van der Waals surface area contributed by atoms with Crippen molar-refractivity contribution in [3.63, 3.8) is 0 Å². The Balaban J connectivity index is 2.04. The van der Waals surface area contributed by atoms with Gasteiger partial charge < -0.3 is 27.9 Å². The Morgan fingerprint density at radius 1 is 0.500 bits per heavy atom. The minimum Gasteiger partial charge on any atom is -0.481 e. The summed E-state index contributed by atoms with van der Waals surface area (Å²) in [6, 6.07) is 0. The third kappa shape index (κ3) is 20.8. The summed E-state index contributed by atoms with van der Waals surface area (Å²) >= 11 is 0. The summed E-state index contributed by atoms with van der Waals surface area (Å²) in [6.45, 7) is 38.0. The molecular formula is C52H106O7Si3. The van der Waals surface area contributed by atoms with Gasteiger partial charge in [0.15, 0.2) is 25.0 Å². The van der Waals surface area contributed by atoms with Crippen molar-refractivity contribution in [2.75, 3.05) is 0 Å². The Morgan fingerprint density at radius 2 is 0.839 bits per heavy atom. The van der Waals surface area contributed by atoms with Crippen LogP contribution in [0.2, 0.25) is 54.4 Å². The Bertz CT molecular complexity index is 1220. The van der Waals surface area contributed by atoms with E-state index in [-0.39, 0.29) is 51.7 Å². The molecule has 0 bridgehead atoms. The molecule has 2 rings (SSSR count). The van der Waals surface area contributed by atoms with Crippen LogP contribution in [-0.4, -0.2) is 78.8 Å². The molecule has 0 saturated carbocycles. The molecule has 2 heterocycles. The van der Waals surface area contributed by atoms with Crippen LogP contribution in [0.1, 0.15) is 230 Å². The number of unbranched alkanes of at least 4 members (excludes halogenated alkanes) is 13. The molecular weight excluding hydrogens is 821 g/mol. The highest BCUT2D eigenvalue weighted by atomic mass is 28.4. The molecule has 0 radical (unpaired) electrons. The van der Waals surface area contributed by atoms with Crippen molar-refractivity contribution in [3.05, 3.63) is 0 Å². The number of carbonyl (C=O) groups is 1. The minimum atomic E-state index is -2.02. The van der Waals surface area contributed by atoms with Gasteiger partial charge in [0.05, 0.1) is 36.6 Å². The molecule has 7 atom stereocenters. The molecule has 0 aromatic carbocycles. The lowest BCUT2D eigenvalue weighted by molar-refractivity contribution is -0.137. The molecule has 0 aliphatic carbocycles. The summed E-state index contributed by atoms with van der Waals surface area (Å²) in [4.78, 5) is 10.7. The molecule has 2 fully saturated rings. The second-order valence-corrected chi connectivity index (χ2v) is 38.8. The number of ether oxygens (including phenoxy) is 2. The monoisotopic (exact) mass is 927 g/mol. The summed E-state index contributed by atoms with van der Waals surface area (Å²) < 4.78 is 35.8. The standard InChI is InChI=1S/C52H106O7Si3/c1-17-18-19-29-33-42(57-60(11,12)50(2,3)4)34-32-36-48(59-62(15,16)52(8,9)10)46-41-39-44(56-46)43-38-40-45(55-43)47(58-61(13,14)51(5,6)7)35-30-27-25-23-21-20-22-24-26-28-31-37-49(53)54/h42-48H,17-41H2,1-16H3,(H,53,54)/t42-,43+,44+,45+,46+,47+,48+/m0/s1. The van der Waals surface area contributed by atoms with Gasteiger partial charge >= 0.3 is 5.97 Å². The molecule has 0 aromatic rings. The van der Waals surface area contributed by atoms with Crippen molar-refractivity contribution in [3.8, 4) is 0 Å². The molecule has 2 saturated heterocycles. The van der Waals surface area contributed by atoms with E-state index in [2.05, 4.69) is 109 Å². The summed E-state index contributed by atoms with van der Waals surface area (Å²) in [7, 11) is -5.87. The predicted molar refractivity (Wildman–Crippen MR) is 272 cm³/mol. The summed E-state index contributed by atoms with van der Waals surface area (Å²) in [5.41, 5.74) is 0. The van der Waals surface area contributed by atoms with Crippen molar-refractivity contribution < 1.29 is 32.7 Å². The summed E-state index contributed by atoms with van der Waals surface area (Å²) in [5, 5.41) is 9.34. The molecule has 2 aliphatic rings. The fourth-order valence-corrected chi connectivity index (χ4v) is 12.8. The summed E-state index contributed by atoms with van der Waals surface area (Å²) in [5.74, 6) is -0.669. The quantitative estimate of drug-likeness (QED) is 0.0531. The smallest absolute Gasteiger partial charge is 0.303 e. The number of hydrogen-bond donors (Lipinski definition) is 1. The van der Waals surface area contributed by atoms with E-state index in [0.717, 1.165) is 64.2 Å². The van der Waals surface area contributed by atoms with Crippen LogP contribution >= 0.6 is 0 Å². The lowest BCUT2D eigenvalue weighted by atomic mass is 9.99. The maximum atomic E-state index is 10.7. The van der Waals surface area contributed by atoms with Gasteiger partial charge in [-0.05, 0) is 119 Å². The Labute approximate surface area is 388 Å². The van der Waals surface area contributed by atoms with Crippen LogP contribution in [-0.2, 0) is 27.5 Å². The average Bonchev–Trinajstić information content (AvgIpc) is 3.83. The number of carboxylic acid groups (broad SMARTS) is 1. The fraction of sp³-hybridized carbons (Fsp3) is 0.981. The van der Waals surface area contributed by atoms with Crippen LogP contribution in [0, 0.1) is 0 Å². The lowest BCUT2D eigenvalue weighted by Gasteiger charge is -2.41. The van der Waals surface area contributed by atoms with E-state index in [1.54, 1.807) is 0 Å². The van der Waals surface area contributed by atoms with Gasteiger partial charge in [-0.1, -0.05) is 159 Å². The molecule has 0 aromatic heterocycles. The van der Waals surface area contributed by atoms with Crippen molar-refractivity contribution in [1.82, 2.24) is 0 Å². The number of carboxylic acids is 1. The number of rotatable bonds is 32. The fourth-order valence-electron chi connectivity index (χ4n) is 8.64. The topological polar surface area (TPSA) is 83.5 Å². The normalized spacial score (nSPS) is 22.3. The first kappa shape index (κ1) is 58.0. The van der Waals surface area contributed by atoms with Gasteiger partial charge in [-0.15, -0.1) is 0 Å². The van der Waals surface area contributed by atoms with Crippen LogP contribution in [0.15, 0.2) is 0 Å². The largest absolute Gasteiger partial charge is 0.481 e. The Morgan fingerprint density at radius 3 is 1.24 bits per heavy atom. The van der Waals surface area contributed by atoms with Crippen molar-refractivity contribution in [2.24, 2.45) is 0 Å². The maximum absolute atomic E-state index is 10.7. The second-order valence-electron chi connectivity index (χ2n) is 24.5. The minimum absolute atomic E-state index is 0.108. The van der Waals surface area contributed by atoms with Gasteiger partial charge in [0, 0.05) is 12.5 Å². The van der Waals surface area contributed by atoms with E-state index < -0.39 is 30.9 Å².